The highest BCUT2D eigenvalue weighted by Crippen LogP contribution is 2.22. The first-order valence-corrected chi connectivity index (χ1v) is 9.57. The number of piperazine rings is 1. The molecule has 1 aliphatic heterocycles. The standard InChI is InChI=1S/C21H23ClF2N2O2/c1-14-11-26(21(27)13-28-18-7-8-19(22)20(24)9-18)15(2)10-25(14)12-16-3-5-17(23)6-4-16/h3-9,14-15H,10-13H2,1-2H3/t14-,15+/m1/s1. The Labute approximate surface area is 168 Å². The van der Waals surface area contributed by atoms with E-state index < -0.39 is 5.82 Å². The van der Waals surface area contributed by atoms with Crippen LogP contribution < -0.4 is 4.74 Å². The normalized spacial score (nSPS) is 20.2. The van der Waals surface area contributed by atoms with Crippen LogP contribution in [0.2, 0.25) is 5.02 Å². The Balaban J connectivity index is 1.56. The summed E-state index contributed by atoms with van der Waals surface area (Å²) in [6.45, 7) is 5.87. The zero-order valence-corrected chi connectivity index (χ0v) is 16.6. The van der Waals surface area contributed by atoms with E-state index in [2.05, 4.69) is 11.8 Å². The van der Waals surface area contributed by atoms with Crippen molar-refractivity contribution in [3.05, 3.63) is 64.7 Å². The van der Waals surface area contributed by atoms with E-state index in [0.29, 0.717) is 19.6 Å². The van der Waals surface area contributed by atoms with Gasteiger partial charge in [0.15, 0.2) is 6.61 Å². The summed E-state index contributed by atoms with van der Waals surface area (Å²) >= 11 is 5.65. The van der Waals surface area contributed by atoms with E-state index in [0.717, 1.165) is 5.56 Å². The van der Waals surface area contributed by atoms with E-state index in [1.165, 1.54) is 30.3 Å². The van der Waals surface area contributed by atoms with Gasteiger partial charge in [0, 0.05) is 37.8 Å². The molecule has 3 rings (SSSR count). The van der Waals surface area contributed by atoms with E-state index in [9.17, 15) is 13.6 Å². The third-order valence-corrected chi connectivity index (χ3v) is 5.29. The number of carbonyl (C=O) groups excluding carboxylic acids is 1. The van der Waals surface area contributed by atoms with E-state index in [4.69, 9.17) is 16.3 Å². The van der Waals surface area contributed by atoms with Gasteiger partial charge >= 0.3 is 0 Å². The Kier molecular flexibility index (Phi) is 6.52. The quantitative estimate of drug-likeness (QED) is 0.746. The number of amides is 1. The van der Waals surface area contributed by atoms with Crippen LogP contribution in [0.15, 0.2) is 42.5 Å². The maximum Gasteiger partial charge on any atom is 0.260 e. The first-order valence-electron chi connectivity index (χ1n) is 9.19. The van der Waals surface area contributed by atoms with Crippen molar-refractivity contribution in [3.8, 4) is 5.75 Å². The zero-order valence-electron chi connectivity index (χ0n) is 15.9. The number of hydrogen-bond donors (Lipinski definition) is 0. The lowest BCUT2D eigenvalue weighted by atomic mass is 10.1. The second-order valence-electron chi connectivity index (χ2n) is 7.16. The maximum absolute atomic E-state index is 13.5. The summed E-state index contributed by atoms with van der Waals surface area (Å²) in [7, 11) is 0. The Morgan fingerprint density at radius 3 is 2.50 bits per heavy atom. The molecule has 7 heteroatoms. The van der Waals surface area contributed by atoms with E-state index in [1.807, 2.05) is 6.92 Å². The average molecular weight is 409 g/mol. The van der Waals surface area contributed by atoms with Crippen LogP contribution in [0, 0.1) is 11.6 Å². The highest BCUT2D eigenvalue weighted by Gasteiger charge is 2.32. The van der Waals surface area contributed by atoms with Gasteiger partial charge < -0.3 is 9.64 Å². The Bertz CT molecular complexity index is 832. The fraction of sp³-hybridized carbons (Fsp3) is 0.381. The largest absolute Gasteiger partial charge is 0.484 e. The summed E-state index contributed by atoms with van der Waals surface area (Å²) in [5.41, 5.74) is 1.04. The zero-order chi connectivity index (χ0) is 20.3. The van der Waals surface area contributed by atoms with Gasteiger partial charge in [0.1, 0.15) is 17.4 Å². The summed E-state index contributed by atoms with van der Waals surface area (Å²) in [6, 6.07) is 10.7. The van der Waals surface area contributed by atoms with Gasteiger partial charge in [-0.2, -0.15) is 0 Å². The molecule has 0 unspecified atom stereocenters. The van der Waals surface area contributed by atoms with Gasteiger partial charge in [-0.3, -0.25) is 9.69 Å². The molecule has 1 saturated heterocycles. The Morgan fingerprint density at radius 1 is 1.11 bits per heavy atom. The van der Waals surface area contributed by atoms with Crippen LogP contribution in [0.5, 0.6) is 5.75 Å². The van der Waals surface area contributed by atoms with Crippen molar-refractivity contribution in [1.29, 1.82) is 0 Å². The van der Waals surface area contributed by atoms with Gasteiger partial charge in [-0.1, -0.05) is 23.7 Å². The van der Waals surface area contributed by atoms with Crippen LogP contribution in [-0.4, -0.2) is 47.5 Å². The number of ether oxygens (including phenoxy) is 1. The molecule has 0 aliphatic carbocycles. The van der Waals surface area contributed by atoms with Crippen LogP contribution in [0.3, 0.4) is 0 Å². The highest BCUT2D eigenvalue weighted by atomic mass is 35.5. The van der Waals surface area contributed by atoms with Gasteiger partial charge in [0.25, 0.3) is 5.91 Å². The number of hydrogen-bond acceptors (Lipinski definition) is 3. The lowest BCUT2D eigenvalue weighted by Crippen LogP contribution is -2.58. The minimum Gasteiger partial charge on any atom is -0.484 e. The third-order valence-electron chi connectivity index (χ3n) is 4.99. The molecule has 2 atom stereocenters. The van der Waals surface area contributed by atoms with Crippen molar-refractivity contribution in [1.82, 2.24) is 9.80 Å². The van der Waals surface area contributed by atoms with Gasteiger partial charge in [0.05, 0.1) is 5.02 Å². The lowest BCUT2D eigenvalue weighted by Gasteiger charge is -2.44. The molecule has 0 aromatic heterocycles. The average Bonchev–Trinajstić information content (AvgIpc) is 2.67. The van der Waals surface area contributed by atoms with Crippen molar-refractivity contribution in [2.45, 2.75) is 32.5 Å². The minimum absolute atomic E-state index is 0.00898. The molecule has 0 spiro atoms. The van der Waals surface area contributed by atoms with Crippen LogP contribution in [0.1, 0.15) is 19.4 Å². The molecule has 28 heavy (non-hydrogen) atoms. The van der Waals surface area contributed by atoms with Crippen molar-refractivity contribution < 1.29 is 18.3 Å². The molecule has 1 fully saturated rings. The summed E-state index contributed by atoms with van der Waals surface area (Å²) < 4.78 is 32.0. The first kappa shape index (κ1) is 20.6. The predicted octanol–water partition coefficient (Wildman–Crippen LogP) is 4.12. The number of nitrogens with zero attached hydrogens (tertiary/aromatic N) is 2. The van der Waals surface area contributed by atoms with Crippen LogP contribution in [0.4, 0.5) is 8.78 Å². The van der Waals surface area contributed by atoms with E-state index >= 15 is 0 Å². The van der Waals surface area contributed by atoms with Crippen molar-refractivity contribution in [3.63, 3.8) is 0 Å². The van der Waals surface area contributed by atoms with Crippen LogP contribution >= 0.6 is 11.6 Å². The van der Waals surface area contributed by atoms with Gasteiger partial charge in [-0.05, 0) is 43.7 Å². The molecule has 2 aromatic carbocycles. The molecule has 2 aromatic rings. The summed E-state index contributed by atoms with van der Waals surface area (Å²) in [4.78, 5) is 16.7. The molecule has 0 saturated carbocycles. The van der Waals surface area contributed by atoms with Gasteiger partial charge in [-0.15, -0.1) is 0 Å². The van der Waals surface area contributed by atoms with Crippen molar-refractivity contribution in [2.24, 2.45) is 0 Å². The van der Waals surface area contributed by atoms with E-state index in [1.54, 1.807) is 17.0 Å². The summed E-state index contributed by atoms with van der Waals surface area (Å²) in [6.07, 6.45) is 0. The molecule has 1 heterocycles. The molecule has 0 bridgehead atoms. The highest BCUT2D eigenvalue weighted by molar-refractivity contribution is 6.30. The molecule has 1 aliphatic rings. The number of benzene rings is 2. The molecule has 4 nitrogen and oxygen atoms in total. The number of rotatable bonds is 5. The smallest absolute Gasteiger partial charge is 0.260 e. The fourth-order valence-electron chi connectivity index (χ4n) is 3.38. The van der Waals surface area contributed by atoms with Gasteiger partial charge in [-0.25, -0.2) is 8.78 Å². The molecule has 150 valence electrons. The second-order valence-corrected chi connectivity index (χ2v) is 7.57. The topological polar surface area (TPSA) is 32.8 Å². The number of carbonyl (C=O) groups is 1. The van der Waals surface area contributed by atoms with E-state index in [-0.39, 0.29) is 41.2 Å². The molecular weight excluding hydrogens is 386 g/mol. The monoisotopic (exact) mass is 408 g/mol. The van der Waals surface area contributed by atoms with Gasteiger partial charge in [0.2, 0.25) is 0 Å². The Hall–Kier alpha value is -2.18. The molecule has 0 radical (unpaired) electrons. The number of halogens is 3. The summed E-state index contributed by atoms with van der Waals surface area (Å²) in [5, 5.41) is 0.0124. The molecule has 1 amide bonds. The van der Waals surface area contributed by atoms with Crippen molar-refractivity contribution >= 4 is 17.5 Å². The molecule has 0 N–H and O–H groups in total. The first-order chi connectivity index (χ1) is 13.3. The maximum atomic E-state index is 13.5. The minimum atomic E-state index is -0.581. The SMILES string of the molecule is C[C@@H]1CN(C(=O)COc2ccc(Cl)c(F)c2)[C@@H](C)CN1Cc1ccc(F)cc1. The second kappa shape index (κ2) is 8.88. The lowest BCUT2D eigenvalue weighted by molar-refractivity contribution is -0.139. The van der Waals surface area contributed by atoms with Crippen LogP contribution in [0.25, 0.3) is 0 Å². The molecular formula is C21H23ClF2N2O2. The van der Waals surface area contributed by atoms with Crippen molar-refractivity contribution in [2.75, 3.05) is 19.7 Å². The fourth-order valence-corrected chi connectivity index (χ4v) is 3.50. The third kappa shape index (κ3) is 5.00. The summed E-state index contributed by atoms with van der Waals surface area (Å²) in [5.74, 6) is -0.703. The van der Waals surface area contributed by atoms with Crippen LogP contribution in [-0.2, 0) is 11.3 Å². The Morgan fingerprint density at radius 2 is 1.82 bits per heavy atom. The predicted molar refractivity (Wildman–Crippen MR) is 104 cm³/mol.